The third kappa shape index (κ3) is 2.86. The van der Waals surface area contributed by atoms with Gasteiger partial charge in [0.05, 0.1) is 5.56 Å². The summed E-state index contributed by atoms with van der Waals surface area (Å²) in [7, 11) is 0. The Morgan fingerprint density at radius 3 is 2.89 bits per heavy atom. The molecule has 2 rings (SSSR count). The Hall–Kier alpha value is -1.89. The third-order valence-corrected chi connectivity index (χ3v) is 3.03. The standard InChI is InChI=1S/C11H9FN2O3S/c1-6-13-14-11(17-6)18-5-7-2-3-8(12)4-9(7)10(15)16/h2-4H,5H2,1H3,(H,15,16). The summed E-state index contributed by atoms with van der Waals surface area (Å²) in [6.45, 7) is 1.66. The SMILES string of the molecule is Cc1nnc(SCc2ccc(F)cc2C(=O)O)o1. The first-order chi connectivity index (χ1) is 8.56. The molecule has 18 heavy (non-hydrogen) atoms. The van der Waals surface area contributed by atoms with Gasteiger partial charge in [0.2, 0.25) is 5.89 Å². The van der Waals surface area contributed by atoms with Crippen molar-refractivity contribution in [1.29, 1.82) is 0 Å². The summed E-state index contributed by atoms with van der Waals surface area (Å²) in [5, 5.41) is 16.8. The van der Waals surface area contributed by atoms with Crippen LogP contribution in [0.2, 0.25) is 0 Å². The van der Waals surface area contributed by atoms with Crippen molar-refractivity contribution in [2.45, 2.75) is 17.9 Å². The summed E-state index contributed by atoms with van der Waals surface area (Å²) in [4.78, 5) is 11.0. The van der Waals surface area contributed by atoms with Crippen LogP contribution < -0.4 is 0 Å². The Balaban J connectivity index is 2.16. The van der Waals surface area contributed by atoms with Gasteiger partial charge in [-0.15, -0.1) is 10.2 Å². The van der Waals surface area contributed by atoms with Crippen LogP contribution in [-0.2, 0) is 5.75 Å². The lowest BCUT2D eigenvalue weighted by Gasteiger charge is -2.04. The van der Waals surface area contributed by atoms with Gasteiger partial charge in [-0.1, -0.05) is 17.8 Å². The second-order valence-corrected chi connectivity index (χ2v) is 4.41. The van der Waals surface area contributed by atoms with E-state index in [4.69, 9.17) is 9.52 Å². The Morgan fingerprint density at radius 2 is 2.28 bits per heavy atom. The van der Waals surface area contributed by atoms with Crippen molar-refractivity contribution in [3.63, 3.8) is 0 Å². The fourth-order valence-electron chi connectivity index (χ4n) is 1.35. The van der Waals surface area contributed by atoms with E-state index < -0.39 is 11.8 Å². The molecule has 1 aromatic heterocycles. The highest BCUT2D eigenvalue weighted by Gasteiger charge is 2.13. The van der Waals surface area contributed by atoms with Gasteiger partial charge in [-0.05, 0) is 17.7 Å². The van der Waals surface area contributed by atoms with E-state index in [1.807, 2.05) is 0 Å². The Kier molecular flexibility index (Phi) is 3.61. The van der Waals surface area contributed by atoms with Gasteiger partial charge in [0.25, 0.3) is 5.22 Å². The monoisotopic (exact) mass is 268 g/mol. The van der Waals surface area contributed by atoms with Gasteiger partial charge in [0.1, 0.15) is 5.82 Å². The van der Waals surface area contributed by atoms with Crippen LogP contribution >= 0.6 is 11.8 Å². The molecule has 0 saturated carbocycles. The second-order valence-electron chi connectivity index (χ2n) is 3.48. The van der Waals surface area contributed by atoms with Gasteiger partial charge in [-0.3, -0.25) is 0 Å². The lowest BCUT2D eigenvalue weighted by molar-refractivity contribution is 0.0695. The number of rotatable bonds is 4. The van der Waals surface area contributed by atoms with Crippen LogP contribution in [0.3, 0.4) is 0 Å². The van der Waals surface area contributed by atoms with Crippen LogP contribution in [0, 0.1) is 12.7 Å². The fourth-order valence-corrected chi connectivity index (χ4v) is 2.16. The molecule has 0 amide bonds. The van der Waals surface area contributed by atoms with Gasteiger partial charge < -0.3 is 9.52 Å². The molecule has 0 atom stereocenters. The van der Waals surface area contributed by atoms with Crippen LogP contribution in [0.15, 0.2) is 27.8 Å². The molecule has 1 N–H and O–H groups in total. The average molecular weight is 268 g/mol. The molecule has 5 nitrogen and oxygen atoms in total. The number of carboxylic acid groups (broad SMARTS) is 1. The van der Waals surface area contributed by atoms with Crippen molar-refractivity contribution >= 4 is 17.7 Å². The minimum absolute atomic E-state index is 0.0567. The van der Waals surface area contributed by atoms with Gasteiger partial charge >= 0.3 is 5.97 Å². The van der Waals surface area contributed by atoms with E-state index in [9.17, 15) is 9.18 Å². The topological polar surface area (TPSA) is 76.2 Å². The predicted octanol–water partition coefficient (Wildman–Crippen LogP) is 2.51. The average Bonchev–Trinajstić information content (AvgIpc) is 2.73. The number of hydrogen-bond acceptors (Lipinski definition) is 5. The summed E-state index contributed by atoms with van der Waals surface area (Å²) >= 11 is 1.21. The molecule has 0 fully saturated rings. The van der Waals surface area contributed by atoms with Crippen molar-refractivity contribution < 1.29 is 18.7 Å². The number of thioether (sulfide) groups is 1. The molecule has 0 radical (unpaired) electrons. The highest BCUT2D eigenvalue weighted by molar-refractivity contribution is 7.98. The Morgan fingerprint density at radius 1 is 1.50 bits per heavy atom. The molecule has 0 bridgehead atoms. The zero-order valence-electron chi connectivity index (χ0n) is 9.38. The normalized spacial score (nSPS) is 10.6. The summed E-state index contributed by atoms with van der Waals surface area (Å²) in [5.41, 5.74) is 0.448. The van der Waals surface area contributed by atoms with Crippen LogP contribution in [0.25, 0.3) is 0 Å². The van der Waals surface area contributed by atoms with E-state index in [0.29, 0.717) is 22.4 Å². The Bertz CT molecular complexity index is 585. The van der Waals surface area contributed by atoms with E-state index in [1.54, 1.807) is 6.92 Å². The predicted molar refractivity (Wildman–Crippen MR) is 62.0 cm³/mol. The maximum Gasteiger partial charge on any atom is 0.336 e. The molecule has 7 heteroatoms. The fraction of sp³-hybridized carbons (Fsp3) is 0.182. The number of carboxylic acids is 1. The van der Waals surface area contributed by atoms with Crippen LogP contribution in [0.1, 0.15) is 21.8 Å². The molecule has 94 valence electrons. The summed E-state index contributed by atoms with van der Waals surface area (Å²) in [6, 6.07) is 3.66. The number of halogens is 1. The highest BCUT2D eigenvalue weighted by Crippen LogP contribution is 2.23. The molecular weight excluding hydrogens is 259 g/mol. The zero-order chi connectivity index (χ0) is 13.1. The van der Waals surface area contributed by atoms with Crippen molar-refractivity contribution in [3.8, 4) is 0 Å². The lowest BCUT2D eigenvalue weighted by atomic mass is 10.1. The molecule has 0 aliphatic heterocycles. The van der Waals surface area contributed by atoms with Crippen LogP contribution in [0.5, 0.6) is 0 Å². The van der Waals surface area contributed by atoms with E-state index in [0.717, 1.165) is 6.07 Å². The van der Waals surface area contributed by atoms with E-state index in [1.165, 1.54) is 23.9 Å². The number of aromatic carboxylic acids is 1. The van der Waals surface area contributed by atoms with Crippen molar-refractivity contribution in [2.75, 3.05) is 0 Å². The molecule has 2 aromatic rings. The molecule has 0 aliphatic carbocycles. The van der Waals surface area contributed by atoms with Crippen LogP contribution in [-0.4, -0.2) is 21.3 Å². The zero-order valence-corrected chi connectivity index (χ0v) is 10.2. The first kappa shape index (κ1) is 12.6. The minimum atomic E-state index is -1.16. The van der Waals surface area contributed by atoms with Gasteiger partial charge in [0, 0.05) is 12.7 Å². The molecular formula is C11H9FN2O3S. The molecule has 0 spiro atoms. The quantitative estimate of drug-likeness (QED) is 0.858. The summed E-state index contributed by atoms with van der Waals surface area (Å²) in [5.74, 6) is -0.972. The first-order valence-electron chi connectivity index (χ1n) is 5.01. The number of carbonyl (C=O) groups is 1. The van der Waals surface area contributed by atoms with Crippen molar-refractivity contribution in [1.82, 2.24) is 10.2 Å². The van der Waals surface area contributed by atoms with Crippen LogP contribution in [0.4, 0.5) is 4.39 Å². The lowest BCUT2D eigenvalue weighted by Crippen LogP contribution is -2.02. The maximum absolute atomic E-state index is 13.0. The van der Waals surface area contributed by atoms with E-state index >= 15 is 0 Å². The number of nitrogens with zero attached hydrogens (tertiary/aromatic N) is 2. The van der Waals surface area contributed by atoms with E-state index in [2.05, 4.69) is 10.2 Å². The number of aryl methyl sites for hydroxylation is 1. The van der Waals surface area contributed by atoms with Gasteiger partial charge in [0.15, 0.2) is 0 Å². The summed E-state index contributed by atoms with van der Waals surface area (Å²) in [6.07, 6.45) is 0. The number of hydrogen-bond donors (Lipinski definition) is 1. The second kappa shape index (κ2) is 5.18. The van der Waals surface area contributed by atoms with E-state index in [-0.39, 0.29) is 5.56 Å². The van der Waals surface area contributed by atoms with Crippen molar-refractivity contribution in [3.05, 3.63) is 41.0 Å². The molecule has 0 aliphatic rings. The molecule has 0 saturated heterocycles. The summed E-state index contributed by atoms with van der Waals surface area (Å²) < 4.78 is 18.1. The molecule has 0 unspecified atom stereocenters. The van der Waals surface area contributed by atoms with Gasteiger partial charge in [-0.2, -0.15) is 0 Å². The largest absolute Gasteiger partial charge is 0.478 e. The highest BCUT2D eigenvalue weighted by atomic mass is 32.2. The van der Waals surface area contributed by atoms with Crippen molar-refractivity contribution in [2.24, 2.45) is 0 Å². The number of aromatic nitrogens is 2. The first-order valence-corrected chi connectivity index (χ1v) is 5.99. The molecule has 1 aromatic carbocycles. The number of benzene rings is 1. The Labute approximate surface area is 106 Å². The third-order valence-electron chi connectivity index (χ3n) is 2.16. The minimum Gasteiger partial charge on any atom is -0.478 e. The smallest absolute Gasteiger partial charge is 0.336 e. The van der Waals surface area contributed by atoms with Gasteiger partial charge in [-0.25, -0.2) is 9.18 Å². The molecule has 1 heterocycles. The maximum atomic E-state index is 13.0.